The standard InChI is InChI=1S/C16H10Br2FN3O2/c1-24-15-12(17)4-10(5-13(15)18)8-21-22-16(23)11-3-2-9(7-20)6-14(11)19/h2-6,8H,1H3,(H,22,23)/b21-8-. The quantitative estimate of drug-likeness (QED) is 0.560. The van der Waals surface area contributed by atoms with Crippen LogP contribution in [0.5, 0.6) is 5.75 Å². The van der Waals surface area contributed by atoms with Gasteiger partial charge in [0, 0.05) is 0 Å². The molecule has 0 aliphatic rings. The Morgan fingerprint density at radius 1 is 1.33 bits per heavy atom. The molecule has 0 bridgehead atoms. The average molecular weight is 455 g/mol. The van der Waals surface area contributed by atoms with Crippen LogP contribution in [0.1, 0.15) is 21.5 Å². The van der Waals surface area contributed by atoms with Gasteiger partial charge in [-0.2, -0.15) is 10.4 Å². The lowest BCUT2D eigenvalue weighted by molar-refractivity contribution is 0.0951. The largest absolute Gasteiger partial charge is 0.494 e. The van der Waals surface area contributed by atoms with Gasteiger partial charge in [0.05, 0.1) is 39.5 Å². The summed E-state index contributed by atoms with van der Waals surface area (Å²) in [5.74, 6) is -0.854. The van der Waals surface area contributed by atoms with Crippen molar-refractivity contribution in [2.24, 2.45) is 5.10 Å². The SMILES string of the molecule is COc1c(Br)cc(/C=N\NC(=O)c2ccc(C#N)cc2F)cc1Br. The van der Waals surface area contributed by atoms with E-state index < -0.39 is 11.7 Å². The molecule has 2 aromatic carbocycles. The van der Waals surface area contributed by atoms with Crippen molar-refractivity contribution in [3.63, 3.8) is 0 Å². The number of carbonyl (C=O) groups is 1. The van der Waals surface area contributed by atoms with Crippen LogP contribution in [0.3, 0.4) is 0 Å². The van der Waals surface area contributed by atoms with Gasteiger partial charge >= 0.3 is 0 Å². The van der Waals surface area contributed by atoms with Gasteiger partial charge in [-0.3, -0.25) is 4.79 Å². The van der Waals surface area contributed by atoms with E-state index in [0.717, 1.165) is 6.07 Å². The molecule has 122 valence electrons. The molecule has 0 radical (unpaired) electrons. The molecule has 0 aliphatic carbocycles. The average Bonchev–Trinajstić information content (AvgIpc) is 2.54. The Morgan fingerprint density at radius 3 is 2.54 bits per heavy atom. The van der Waals surface area contributed by atoms with Crippen LogP contribution < -0.4 is 10.2 Å². The van der Waals surface area contributed by atoms with Gasteiger partial charge in [0.25, 0.3) is 5.91 Å². The predicted octanol–water partition coefficient (Wildman–Crippen LogP) is 3.99. The van der Waals surface area contributed by atoms with E-state index in [2.05, 4.69) is 42.4 Å². The number of carbonyl (C=O) groups excluding carboxylic acids is 1. The highest BCUT2D eigenvalue weighted by Crippen LogP contribution is 2.33. The third-order valence-electron chi connectivity index (χ3n) is 2.95. The Labute approximate surface area is 154 Å². The van der Waals surface area contributed by atoms with Gasteiger partial charge in [0.15, 0.2) is 0 Å². The smallest absolute Gasteiger partial charge is 0.274 e. The third kappa shape index (κ3) is 4.19. The molecule has 0 fully saturated rings. The van der Waals surface area contributed by atoms with Gasteiger partial charge in [-0.25, -0.2) is 9.82 Å². The second-order valence-electron chi connectivity index (χ2n) is 4.52. The van der Waals surface area contributed by atoms with E-state index in [0.29, 0.717) is 20.3 Å². The van der Waals surface area contributed by atoms with Gasteiger partial charge in [0.2, 0.25) is 0 Å². The van der Waals surface area contributed by atoms with Crippen molar-refractivity contribution in [1.82, 2.24) is 5.43 Å². The second kappa shape index (κ2) is 8.04. The van der Waals surface area contributed by atoms with E-state index in [1.54, 1.807) is 25.3 Å². The number of rotatable bonds is 4. The van der Waals surface area contributed by atoms with Crippen LogP contribution in [0.15, 0.2) is 44.4 Å². The zero-order valence-corrected chi connectivity index (χ0v) is 15.5. The molecule has 0 aliphatic heterocycles. The van der Waals surface area contributed by atoms with Gasteiger partial charge in [-0.15, -0.1) is 0 Å². The number of hydrogen-bond donors (Lipinski definition) is 1. The number of nitriles is 1. The highest BCUT2D eigenvalue weighted by Gasteiger charge is 2.11. The maximum Gasteiger partial charge on any atom is 0.274 e. The van der Waals surface area contributed by atoms with Crippen LogP contribution >= 0.6 is 31.9 Å². The Hall–Kier alpha value is -2.24. The number of hydrazone groups is 1. The molecule has 0 saturated heterocycles. The predicted molar refractivity (Wildman–Crippen MR) is 94.6 cm³/mol. The summed E-state index contributed by atoms with van der Waals surface area (Å²) >= 11 is 6.72. The van der Waals surface area contributed by atoms with Crippen molar-refractivity contribution < 1.29 is 13.9 Å². The highest BCUT2D eigenvalue weighted by molar-refractivity contribution is 9.11. The normalized spacial score (nSPS) is 10.5. The Balaban J connectivity index is 2.12. The van der Waals surface area contributed by atoms with E-state index in [9.17, 15) is 9.18 Å². The lowest BCUT2D eigenvalue weighted by Crippen LogP contribution is -2.19. The summed E-state index contributed by atoms with van der Waals surface area (Å²) < 4.78 is 20.4. The maximum atomic E-state index is 13.7. The molecule has 0 unspecified atom stereocenters. The second-order valence-corrected chi connectivity index (χ2v) is 6.23. The number of halogens is 3. The minimum Gasteiger partial charge on any atom is -0.494 e. The first-order valence-electron chi connectivity index (χ1n) is 6.52. The van der Waals surface area contributed by atoms with Crippen molar-refractivity contribution >= 4 is 44.0 Å². The number of benzene rings is 2. The lowest BCUT2D eigenvalue weighted by atomic mass is 10.1. The lowest BCUT2D eigenvalue weighted by Gasteiger charge is -2.07. The number of amides is 1. The third-order valence-corrected chi connectivity index (χ3v) is 4.13. The van der Waals surface area contributed by atoms with Gasteiger partial charge < -0.3 is 4.74 Å². The van der Waals surface area contributed by atoms with Gasteiger partial charge in [-0.05, 0) is 67.8 Å². The number of nitrogens with zero attached hydrogens (tertiary/aromatic N) is 2. The zero-order valence-electron chi connectivity index (χ0n) is 12.3. The fourth-order valence-electron chi connectivity index (χ4n) is 1.84. The van der Waals surface area contributed by atoms with Crippen molar-refractivity contribution in [3.8, 4) is 11.8 Å². The van der Waals surface area contributed by atoms with Crippen molar-refractivity contribution in [2.45, 2.75) is 0 Å². The minimum absolute atomic E-state index is 0.139. The van der Waals surface area contributed by atoms with Crippen LogP contribution in [0.4, 0.5) is 4.39 Å². The van der Waals surface area contributed by atoms with Crippen molar-refractivity contribution in [1.29, 1.82) is 5.26 Å². The van der Waals surface area contributed by atoms with Gasteiger partial charge in [-0.1, -0.05) is 0 Å². The summed E-state index contributed by atoms with van der Waals surface area (Å²) in [7, 11) is 1.55. The summed E-state index contributed by atoms with van der Waals surface area (Å²) in [6.07, 6.45) is 1.41. The molecule has 0 atom stereocenters. The molecule has 5 nitrogen and oxygen atoms in total. The molecule has 8 heteroatoms. The molecule has 2 aromatic rings. The summed E-state index contributed by atoms with van der Waals surface area (Å²) in [6, 6.07) is 8.89. The van der Waals surface area contributed by atoms with Crippen LogP contribution in [0.25, 0.3) is 0 Å². The molecule has 0 spiro atoms. The van der Waals surface area contributed by atoms with E-state index in [1.807, 2.05) is 0 Å². The number of nitrogens with one attached hydrogen (secondary N) is 1. The monoisotopic (exact) mass is 453 g/mol. The number of ether oxygens (including phenoxy) is 1. The van der Waals surface area contributed by atoms with E-state index >= 15 is 0 Å². The van der Waals surface area contributed by atoms with E-state index in [1.165, 1.54) is 18.3 Å². The Morgan fingerprint density at radius 2 is 2.00 bits per heavy atom. The number of methoxy groups -OCH3 is 1. The zero-order chi connectivity index (χ0) is 17.7. The fourth-order valence-corrected chi connectivity index (χ4v) is 3.39. The first-order chi connectivity index (χ1) is 11.5. The summed E-state index contributed by atoms with van der Waals surface area (Å²) in [5, 5.41) is 12.5. The summed E-state index contributed by atoms with van der Waals surface area (Å²) in [6.45, 7) is 0. The number of hydrogen-bond acceptors (Lipinski definition) is 4. The van der Waals surface area contributed by atoms with E-state index in [4.69, 9.17) is 10.00 Å². The fraction of sp³-hybridized carbons (Fsp3) is 0.0625. The summed E-state index contributed by atoms with van der Waals surface area (Å²) in [5.41, 5.74) is 2.88. The van der Waals surface area contributed by atoms with Gasteiger partial charge in [0.1, 0.15) is 11.6 Å². The van der Waals surface area contributed by atoms with Crippen molar-refractivity contribution in [2.75, 3.05) is 7.11 Å². The van der Waals surface area contributed by atoms with Crippen LogP contribution in [0.2, 0.25) is 0 Å². The first-order valence-corrected chi connectivity index (χ1v) is 8.11. The molecule has 0 heterocycles. The first kappa shape index (κ1) is 18.1. The molecular weight excluding hydrogens is 445 g/mol. The molecule has 2 rings (SSSR count). The minimum atomic E-state index is -0.781. The van der Waals surface area contributed by atoms with Crippen molar-refractivity contribution in [3.05, 3.63) is 61.8 Å². The molecule has 0 saturated carbocycles. The topological polar surface area (TPSA) is 74.5 Å². The summed E-state index contributed by atoms with van der Waals surface area (Å²) in [4.78, 5) is 11.9. The Kier molecular flexibility index (Phi) is 6.06. The molecule has 1 N–H and O–H groups in total. The molecule has 24 heavy (non-hydrogen) atoms. The molecule has 0 aromatic heterocycles. The molecule has 1 amide bonds. The Bertz CT molecular complexity index is 840. The van der Waals surface area contributed by atoms with E-state index in [-0.39, 0.29) is 11.1 Å². The van der Waals surface area contributed by atoms with Crippen LogP contribution in [-0.4, -0.2) is 19.2 Å². The molecular formula is C16H10Br2FN3O2. The maximum absolute atomic E-state index is 13.7. The highest BCUT2D eigenvalue weighted by atomic mass is 79.9. The van der Waals surface area contributed by atoms with Crippen LogP contribution in [0, 0.1) is 17.1 Å². The van der Waals surface area contributed by atoms with Crippen LogP contribution in [-0.2, 0) is 0 Å².